The number of hydrogen-bond donors (Lipinski definition) is 2. The van der Waals surface area contributed by atoms with Crippen LogP contribution in [0.25, 0.3) is 0 Å². The number of halogens is 1. The van der Waals surface area contributed by atoms with Crippen LogP contribution in [-0.4, -0.2) is 17.0 Å². The molecule has 1 aliphatic rings. The second kappa shape index (κ2) is 5.40. The zero-order valence-electron chi connectivity index (χ0n) is 9.73. The van der Waals surface area contributed by atoms with Crippen LogP contribution in [-0.2, 0) is 9.59 Å². The van der Waals surface area contributed by atoms with Crippen molar-refractivity contribution in [2.45, 2.75) is 25.3 Å². The van der Waals surface area contributed by atoms with Crippen LogP contribution in [0.1, 0.15) is 30.9 Å². The third kappa shape index (κ3) is 3.23. The first kappa shape index (κ1) is 12.9. The van der Waals surface area contributed by atoms with Crippen LogP contribution < -0.4 is 5.32 Å². The molecule has 1 fully saturated rings. The van der Waals surface area contributed by atoms with Crippen molar-refractivity contribution in [3.63, 3.8) is 0 Å². The standard InChI is InChI=1S/C13H14ClNO3/c14-10-4-2-1-3-9(10)11(7-12(16)17)15-13(18)8-5-6-8/h1-4,8,11H,5-7H2,(H,15,18)(H,16,17)/t11-/m0/s1. The number of aliphatic carboxylic acids is 1. The number of nitrogens with one attached hydrogen (secondary N) is 1. The number of carbonyl (C=O) groups is 2. The van der Waals surface area contributed by atoms with E-state index in [-0.39, 0.29) is 18.2 Å². The van der Waals surface area contributed by atoms with E-state index in [0.29, 0.717) is 10.6 Å². The summed E-state index contributed by atoms with van der Waals surface area (Å²) in [4.78, 5) is 22.6. The number of carboxylic acid groups (broad SMARTS) is 1. The van der Waals surface area contributed by atoms with Gasteiger partial charge in [0, 0.05) is 10.9 Å². The molecule has 0 saturated heterocycles. The van der Waals surface area contributed by atoms with Gasteiger partial charge in [-0.2, -0.15) is 0 Å². The number of hydrogen-bond acceptors (Lipinski definition) is 2. The minimum absolute atomic E-state index is 0.0452. The van der Waals surface area contributed by atoms with Crippen LogP contribution in [0.4, 0.5) is 0 Å². The summed E-state index contributed by atoms with van der Waals surface area (Å²) in [5.74, 6) is -0.999. The number of benzene rings is 1. The second-order valence-corrected chi connectivity index (χ2v) is 4.86. The van der Waals surface area contributed by atoms with E-state index >= 15 is 0 Å². The molecule has 96 valence electrons. The molecule has 0 radical (unpaired) electrons. The fraction of sp³-hybridized carbons (Fsp3) is 0.385. The molecule has 0 bridgehead atoms. The van der Waals surface area contributed by atoms with E-state index in [2.05, 4.69) is 5.32 Å². The Morgan fingerprint density at radius 2 is 2.06 bits per heavy atom. The van der Waals surface area contributed by atoms with Gasteiger partial charge in [0.15, 0.2) is 0 Å². The van der Waals surface area contributed by atoms with Crippen LogP contribution >= 0.6 is 11.6 Å². The molecular weight excluding hydrogens is 254 g/mol. The Labute approximate surface area is 110 Å². The Bertz CT molecular complexity index is 471. The van der Waals surface area contributed by atoms with Gasteiger partial charge in [0.05, 0.1) is 12.5 Å². The molecule has 1 saturated carbocycles. The molecule has 2 N–H and O–H groups in total. The summed E-state index contributed by atoms with van der Waals surface area (Å²) in [6, 6.07) is 6.41. The maximum Gasteiger partial charge on any atom is 0.305 e. The molecule has 0 unspecified atom stereocenters. The van der Waals surface area contributed by atoms with Gasteiger partial charge < -0.3 is 10.4 Å². The highest BCUT2D eigenvalue weighted by Crippen LogP contribution is 2.31. The van der Waals surface area contributed by atoms with E-state index in [1.165, 1.54) is 0 Å². The molecule has 0 heterocycles. The van der Waals surface area contributed by atoms with Crippen LogP contribution in [0.2, 0.25) is 5.02 Å². The Kier molecular flexibility index (Phi) is 3.87. The minimum atomic E-state index is -0.962. The highest BCUT2D eigenvalue weighted by Gasteiger charge is 2.32. The van der Waals surface area contributed by atoms with Gasteiger partial charge in [-0.3, -0.25) is 9.59 Å². The summed E-state index contributed by atoms with van der Waals surface area (Å²) in [7, 11) is 0. The predicted octanol–water partition coefficient (Wildman–Crippen LogP) is 2.38. The van der Waals surface area contributed by atoms with Crippen molar-refractivity contribution in [3.05, 3.63) is 34.9 Å². The first-order valence-electron chi connectivity index (χ1n) is 5.84. The van der Waals surface area contributed by atoms with Crippen molar-refractivity contribution in [2.24, 2.45) is 5.92 Å². The molecule has 0 spiro atoms. The molecule has 4 nitrogen and oxygen atoms in total. The van der Waals surface area contributed by atoms with Crippen molar-refractivity contribution in [1.29, 1.82) is 0 Å². The van der Waals surface area contributed by atoms with Crippen LogP contribution in [0.15, 0.2) is 24.3 Å². The first-order valence-corrected chi connectivity index (χ1v) is 6.22. The summed E-state index contributed by atoms with van der Waals surface area (Å²) < 4.78 is 0. The van der Waals surface area contributed by atoms with Crippen LogP contribution in [0, 0.1) is 5.92 Å². The molecular formula is C13H14ClNO3. The van der Waals surface area contributed by atoms with Crippen molar-refractivity contribution in [1.82, 2.24) is 5.32 Å². The van der Waals surface area contributed by atoms with E-state index in [9.17, 15) is 9.59 Å². The molecule has 1 aromatic carbocycles. The normalized spacial score (nSPS) is 16.1. The number of carboxylic acids is 1. The molecule has 1 aromatic rings. The van der Waals surface area contributed by atoms with E-state index < -0.39 is 12.0 Å². The third-order valence-electron chi connectivity index (χ3n) is 2.92. The molecule has 2 rings (SSSR count). The minimum Gasteiger partial charge on any atom is -0.481 e. The summed E-state index contributed by atoms with van der Waals surface area (Å²) in [6.45, 7) is 0. The topological polar surface area (TPSA) is 66.4 Å². The van der Waals surface area contributed by atoms with Gasteiger partial charge in [-0.1, -0.05) is 29.8 Å². The van der Waals surface area contributed by atoms with E-state index in [4.69, 9.17) is 16.7 Å². The number of carbonyl (C=O) groups excluding carboxylic acids is 1. The van der Waals surface area contributed by atoms with E-state index in [1.54, 1.807) is 24.3 Å². The Morgan fingerprint density at radius 3 is 2.61 bits per heavy atom. The summed E-state index contributed by atoms with van der Waals surface area (Å²) in [5.41, 5.74) is 0.649. The third-order valence-corrected chi connectivity index (χ3v) is 3.27. The van der Waals surface area contributed by atoms with Crippen LogP contribution in [0.5, 0.6) is 0 Å². The van der Waals surface area contributed by atoms with Gasteiger partial charge in [-0.15, -0.1) is 0 Å². The predicted molar refractivity (Wildman–Crippen MR) is 67.3 cm³/mol. The molecule has 0 aliphatic heterocycles. The highest BCUT2D eigenvalue weighted by molar-refractivity contribution is 6.31. The lowest BCUT2D eigenvalue weighted by Gasteiger charge is -2.18. The quantitative estimate of drug-likeness (QED) is 0.861. The molecule has 18 heavy (non-hydrogen) atoms. The van der Waals surface area contributed by atoms with Gasteiger partial charge in [-0.05, 0) is 24.5 Å². The molecule has 0 aromatic heterocycles. The first-order chi connectivity index (χ1) is 8.58. The Hall–Kier alpha value is -1.55. The van der Waals surface area contributed by atoms with E-state index in [1.807, 2.05) is 0 Å². The largest absolute Gasteiger partial charge is 0.481 e. The lowest BCUT2D eigenvalue weighted by Crippen LogP contribution is -2.31. The molecule has 1 aliphatic carbocycles. The van der Waals surface area contributed by atoms with Crippen molar-refractivity contribution in [3.8, 4) is 0 Å². The smallest absolute Gasteiger partial charge is 0.305 e. The van der Waals surface area contributed by atoms with Crippen molar-refractivity contribution in [2.75, 3.05) is 0 Å². The Morgan fingerprint density at radius 1 is 1.39 bits per heavy atom. The number of amides is 1. The lowest BCUT2D eigenvalue weighted by atomic mass is 10.0. The van der Waals surface area contributed by atoms with E-state index in [0.717, 1.165) is 12.8 Å². The number of rotatable bonds is 5. The zero-order valence-corrected chi connectivity index (χ0v) is 10.5. The van der Waals surface area contributed by atoms with Gasteiger partial charge in [0.1, 0.15) is 0 Å². The summed E-state index contributed by atoms with van der Waals surface area (Å²) >= 11 is 6.04. The zero-order chi connectivity index (χ0) is 13.1. The van der Waals surface area contributed by atoms with Crippen molar-refractivity contribution >= 4 is 23.5 Å². The fourth-order valence-corrected chi connectivity index (χ4v) is 2.07. The molecule has 5 heteroatoms. The maximum atomic E-state index is 11.7. The molecule has 1 atom stereocenters. The van der Waals surface area contributed by atoms with Gasteiger partial charge in [0.2, 0.25) is 5.91 Å². The lowest BCUT2D eigenvalue weighted by molar-refractivity contribution is -0.137. The summed E-state index contributed by atoms with van der Waals surface area (Å²) in [5, 5.41) is 12.1. The second-order valence-electron chi connectivity index (χ2n) is 4.45. The maximum absolute atomic E-state index is 11.7. The average molecular weight is 268 g/mol. The average Bonchev–Trinajstić information content (AvgIpc) is 3.11. The van der Waals surface area contributed by atoms with Gasteiger partial charge in [-0.25, -0.2) is 0 Å². The SMILES string of the molecule is O=C(O)C[C@H](NC(=O)C1CC1)c1ccccc1Cl. The summed E-state index contributed by atoms with van der Waals surface area (Å²) in [6.07, 6.45) is 1.60. The molecule has 1 amide bonds. The highest BCUT2D eigenvalue weighted by atomic mass is 35.5. The van der Waals surface area contributed by atoms with Crippen LogP contribution in [0.3, 0.4) is 0 Å². The fourth-order valence-electron chi connectivity index (χ4n) is 1.81. The van der Waals surface area contributed by atoms with Crippen molar-refractivity contribution < 1.29 is 14.7 Å². The Balaban J connectivity index is 2.15. The van der Waals surface area contributed by atoms with Gasteiger partial charge in [0.25, 0.3) is 0 Å². The van der Waals surface area contributed by atoms with Gasteiger partial charge >= 0.3 is 5.97 Å². The monoisotopic (exact) mass is 267 g/mol.